The molecule has 0 aromatic carbocycles. The number of aryl methyl sites for hydroxylation is 1. The maximum Gasteiger partial charge on any atom is 0.155 e. The van der Waals surface area contributed by atoms with Crippen molar-refractivity contribution in [2.24, 2.45) is 0 Å². The van der Waals surface area contributed by atoms with E-state index in [0.29, 0.717) is 5.15 Å². The number of hydrogen-bond acceptors (Lipinski definition) is 2. The van der Waals surface area contributed by atoms with Gasteiger partial charge in [-0.2, -0.15) is 0 Å². The molecule has 3 heteroatoms. The summed E-state index contributed by atoms with van der Waals surface area (Å²) < 4.78 is 5.18. The van der Waals surface area contributed by atoms with Crippen LogP contribution in [0, 0.1) is 6.92 Å². The van der Waals surface area contributed by atoms with Crippen molar-refractivity contribution in [3.63, 3.8) is 0 Å². The predicted octanol–water partition coefficient (Wildman–Crippen LogP) is 3.82. The van der Waals surface area contributed by atoms with E-state index < -0.39 is 0 Å². The lowest BCUT2D eigenvalue weighted by Gasteiger charge is -1.93. The lowest BCUT2D eigenvalue weighted by atomic mass is 10.2. The average Bonchev–Trinajstić information content (AvgIpc) is 2.55. The molecule has 2 nitrogen and oxygen atoms in total. The highest BCUT2D eigenvalue weighted by Crippen LogP contribution is 2.20. The second-order valence-electron chi connectivity index (χ2n) is 2.40. The van der Waals surface area contributed by atoms with Crippen LogP contribution in [-0.2, 0) is 0 Å². The van der Waals surface area contributed by atoms with E-state index in [0.717, 1.165) is 16.7 Å². The fourth-order valence-corrected chi connectivity index (χ4v) is 1.33. The van der Waals surface area contributed by atoms with Crippen LogP contribution in [0.1, 0.15) is 19.4 Å². The molecule has 2 aromatic heterocycles. The van der Waals surface area contributed by atoms with Gasteiger partial charge in [-0.05, 0) is 18.6 Å². The Kier molecular flexibility index (Phi) is 3.32. The van der Waals surface area contributed by atoms with Gasteiger partial charge in [0.25, 0.3) is 0 Å². The van der Waals surface area contributed by atoms with Crippen LogP contribution in [0.5, 0.6) is 0 Å². The molecule has 0 amide bonds. The first kappa shape index (κ1) is 10.1. The Balaban J connectivity index is 0.000000396. The van der Waals surface area contributed by atoms with Crippen LogP contribution < -0.4 is 0 Å². The largest absolute Gasteiger partial charge is 0.462 e. The van der Waals surface area contributed by atoms with E-state index in [2.05, 4.69) is 4.98 Å². The summed E-state index contributed by atoms with van der Waals surface area (Å²) in [6, 6.07) is 3.58. The van der Waals surface area contributed by atoms with Crippen LogP contribution in [-0.4, -0.2) is 4.98 Å². The number of pyridine rings is 1. The molecule has 2 rings (SSSR count). The number of hydrogen-bond donors (Lipinski definition) is 0. The molecule has 0 N–H and O–H groups in total. The maximum atomic E-state index is 5.73. The fourth-order valence-electron chi connectivity index (χ4n) is 1.08. The molecule has 0 saturated heterocycles. The minimum Gasteiger partial charge on any atom is -0.462 e. The van der Waals surface area contributed by atoms with Crippen LogP contribution in [0.3, 0.4) is 0 Å². The summed E-state index contributed by atoms with van der Waals surface area (Å²) in [7, 11) is 0. The Labute approximate surface area is 82.5 Å². The smallest absolute Gasteiger partial charge is 0.155 e. The Morgan fingerprint density at radius 3 is 2.77 bits per heavy atom. The zero-order valence-electron chi connectivity index (χ0n) is 7.97. The molecule has 0 atom stereocenters. The molecule has 0 spiro atoms. The van der Waals surface area contributed by atoms with Gasteiger partial charge in [0.05, 0.1) is 6.26 Å². The molecule has 0 aliphatic heterocycles. The molecule has 0 bridgehead atoms. The van der Waals surface area contributed by atoms with Gasteiger partial charge in [0.2, 0.25) is 0 Å². The lowest BCUT2D eigenvalue weighted by molar-refractivity contribution is 0.613. The summed E-state index contributed by atoms with van der Waals surface area (Å²) in [5, 5.41) is 0.511. The van der Waals surface area contributed by atoms with Gasteiger partial charge in [-0.1, -0.05) is 25.4 Å². The monoisotopic (exact) mass is 197 g/mol. The summed E-state index contributed by atoms with van der Waals surface area (Å²) in [6.07, 6.45) is 1.61. The van der Waals surface area contributed by atoms with Gasteiger partial charge in [0, 0.05) is 6.07 Å². The van der Waals surface area contributed by atoms with Gasteiger partial charge in [-0.15, -0.1) is 0 Å². The minimum atomic E-state index is 0.511. The zero-order valence-corrected chi connectivity index (χ0v) is 8.72. The van der Waals surface area contributed by atoms with Gasteiger partial charge in [0.1, 0.15) is 10.7 Å². The first-order valence-corrected chi connectivity index (χ1v) is 4.65. The first-order chi connectivity index (χ1) is 6.27. The van der Waals surface area contributed by atoms with Gasteiger partial charge in [-0.25, -0.2) is 4.98 Å². The number of furan rings is 1. The minimum absolute atomic E-state index is 0.511. The third kappa shape index (κ3) is 2.01. The number of nitrogens with zero attached hydrogens (tertiary/aromatic N) is 1. The first-order valence-electron chi connectivity index (χ1n) is 4.28. The van der Waals surface area contributed by atoms with Crippen LogP contribution in [0.2, 0.25) is 5.15 Å². The van der Waals surface area contributed by atoms with Crippen molar-refractivity contribution in [3.05, 3.63) is 29.1 Å². The summed E-state index contributed by atoms with van der Waals surface area (Å²) in [5.74, 6) is 0. The van der Waals surface area contributed by atoms with Crippen molar-refractivity contribution in [3.8, 4) is 0 Å². The van der Waals surface area contributed by atoms with Crippen molar-refractivity contribution in [1.82, 2.24) is 4.98 Å². The van der Waals surface area contributed by atoms with Crippen LogP contribution in [0.4, 0.5) is 0 Å². The molecule has 13 heavy (non-hydrogen) atoms. The van der Waals surface area contributed by atoms with E-state index in [9.17, 15) is 0 Å². The second kappa shape index (κ2) is 4.28. The van der Waals surface area contributed by atoms with E-state index in [1.54, 1.807) is 18.4 Å². The molecule has 0 aliphatic carbocycles. The van der Waals surface area contributed by atoms with Crippen molar-refractivity contribution in [2.75, 3.05) is 0 Å². The van der Waals surface area contributed by atoms with Crippen molar-refractivity contribution in [2.45, 2.75) is 20.8 Å². The Hall–Kier alpha value is -1.02. The predicted molar refractivity (Wildman–Crippen MR) is 55.1 cm³/mol. The van der Waals surface area contributed by atoms with E-state index in [4.69, 9.17) is 16.0 Å². The third-order valence-electron chi connectivity index (χ3n) is 1.57. The quantitative estimate of drug-likeness (QED) is 0.601. The highest BCUT2D eigenvalue weighted by molar-refractivity contribution is 6.29. The lowest BCUT2D eigenvalue weighted by Crippen LogP contribution is -1.78. The summed E-state index contributed by atoms with van der Waals surface area (Å²) in [6.45, 7) is 5.94. The number of fused-ring (bicyclic) bond motifs is 1. The summed E-state index contributed by atoms with van der Waals surface area (Å²) in [4.78, 5) is 4.07. The standard InChI is InChI=1S/C8H6ClNO.C2H6/c1-5-4-7(9)10-6-2-3-11-8(5)6;1-2/h2-4H,1H3;1-2H3. The van der Waals surface area contributed by atoms with Crippen molar-refractivity contribution in [1.29, 1.82) is 0 Å². The number of aromatic nitrogens is 1. The van der Waals surface area contributed by atoms with E-state index in [-0.39, 0.29) is 0 Å². The van der Waals surface area contributed by atoms with Crippen molar-refractivity contribution >= 4 is 22.7 Å². The molecule has 70 valence electrons. The Morgan fingerprint density at radius 2 is 2.08 bits per heavy atom. The van der Waals surface area contributed by atoms with Gasteiger partial charge >= 0.3 is 0 Å². The maximum absolute atomic E-state index is 5.73. The molecular weight excluding hydrogens is 186 g/mol. The van der Waals surface area contributed by atoms with Gasteiger partial charge < -0.3 is 4.42 Å². The van der Waals surface area contributed by atoms with Crippen LogP contribution >= 0.6 is 11.6 Å². The number of rotatable bonds is 0. The van der Waals surface area contributed by atoms with E-state index in [1.165, 1.54) is 0 Å². The Bertz CT molecular complexity index is 395. The molecule has 0 fully saturated rings. The molecule has 2 heterocycles. The van der Waals surface area contributed by atoms with Gasteiger partial charge in [0.15, 0.2) is 5.58 Å². The Morgan fingerprint density at radius 1 is 1.38 bits per heavy atom. The SMILES string of the molecule is CC.Cc1cc(Cl)nc2ccoc12. The van der Waals surface area contributed by atoms with Crippen LogP contribution in [0.15, 0.2) is 22.8 Å². The highest BCUT2D eigenvalue weighted by atomic mass is 35.5. The number of halogens is 1. The second-order valence-corrected chi connectivity index (χ2v) is 2.78. The summed E-state index contributed by atoms with van der Waals surface area (Å²) >= 11 is 5.73. The van der Waals surface area contributed by atoms with Crippen molar-refractivity contribution < 1.29 is 4.42 Å². The third-order valence-corrected chi connectivity index (χ3v) is 1.76. The molecule has 0 radical (unpaired) electrons. The molecule has 0 saturated carbocycles. The normalized spacial score (nSPS) is 9.54. The fraction of sp³-hybridized carbons (Fsp3) is 0.300. The van der Waals surface area contributed by atoms with E-state index in [1.807, 2.05) is 20.8 Å². The highest BCUT2D eigenvalue weighted by Gasteiger charge is 2.02. The van der Waals surface area contributed by atoms with E-state index >= 15 is 0 Å². The van der Waals surface area contributed by atoms with Crippen LogP contribution in [0.25, 0.3) is 11.1 Å². The topological polar surface area (TPSA) is 26.0 Å². The summed E-state index contributed by atoms with van der Waals surface area (Å²) in [5.41, 5.74) is 2.65. The zero-order chi connectivity index (χ0) is 9.84. The average molecular weight is 198 g/mol. The molecule has 2 aromatic rings. The van der Waals surface area contributed by atoms with Gasteiger partial charge in [-0.3, -0.25) is 0 Å². The molecule has 0 aliphatic rings. The molecule has 0 unspecified atom stereocenters. The molecular formula is C10H12ClNO.